The third kappa shape index (κ3) is 5.71. The van der Waals surface area contributed by atoms with Gasteiger partial charge in [0.1, 0.15) is 0 Å². The van der Waals surface area contributed by atoms with Gasteiger partial charge in [-0.1, -0.05) is 32.4 Å². The number of benzene rings is 1. The number of rotatable bonds is 8. The maximum Gasteiger partial charge on any atom is 0.303 e. The maximum atomic E-state index is 10.3. The summed E-state index contributed by atoms with van der Waals surface area (Å²) in [6.45, 7) is 5.27. The van der Waals surface area contributed by atoms with Crippen molar-refractivity contribution in [2.75, 3.05) is 11.9 Å². The van der Waals surface area contributed by atoms with Crippen molar-refractivity contribution in [3.8, 4) is 0 Å². The molecule has 18 heavy (non-hydrogen) atoms. The van der Waals surface area contributed by atoms with E-state index < -0.39 is 5.97 Å². The summed E-state index contributed by atoms with van der Waals surface area (Å²) in [6.07, 6.45) is 3.02. The van der Waals surface area contributed by atoms with Crippen LogP contribution in [0.3, 0.4) is 0 Å². The van der Waals surface area contributed by atoms with E-state index in [2.05, 4.69) is 43.4 Å². The number of anilines is 1. The standard InChI is InChI=1S/C15H23NO2/c1-12(2)13-7-9-14(10-8-13)16-11-5-3-4-6-15(17)18/h7-10,12,16H,3-6,11H2,1-2H3,(H,17,18). The first-order valence-electron chi connectivity index (χ1n) is 6.65. The second kappa shape index (κ2) is 7.75. The van der Waals surface area contributed by atoms with Crippen LogP contribution in [0.25, 0.3) is 0 Å². The Kier molecular flexibility index (Phi) is 6.26. The van der Waals surface area contributed by atoms with Crippen molar-refractivity contribution in [2.45, 2.75) is 45.4 Å². The normalized spacial score (nSPS) is 10.6. The largest absolute Gasteiger partial charge is 0.481 e. The van der Waals surface area contributed by atoms with E-state index in [9.17, 15) is 4.79 Å². The van der Waals surface area contributed by atoms with Gasteiger partial charge < -0.3 is 10.4 Å². The Morgan fingerprint density at radius 3 is 2.39 bits per heavy atom. The molecular formula is C15H23NO2. The molecule has 1 aromatic rings. The van der Waals surface area contributed by atoms with Crippen LogP contribution in [0, 0.1) is 0 Å². The summed E-state index contributed by atoms with van der Waals surface area (Å²) in [5.74, 6) is -0.137. The molecule has 100 valence electrons. The minimum atomic E-state index is -0.702. The summed E-state index contributed by atoms with van der Waals surface area (Å²) in [7, 11) is 0. The van der Waals surface area contributed by atoms with Gasteiger partial charge in [0.15, 0.2) is 0 Å². The lowest BCUT2D eigenvalue weighted by atomic mass is 10.0. The molecule has 0 saturated heterocycles. The summed E-state index contributed by atoms with van der Waals surface area (Å²) in [5, 5.41) is 11.9. The van der Waals surface area contributed by atoms with Gasteiger partial charge in [-0.3, -0.25) is 4.79 Å². The Labute approximate surface area is 109 Å². The lowest BCUT2D eigenvalue weighted by Gasteiger charge is -2.09. The Hall–Kier alpha value is -1.51. The summed E-state index contributed by atoms with van der Waals surface area (Å²) in [6, 6.07) is 8.51. The van der Waals surface area contributed by atoms with Crippen molar-refractivity contribution in [2.24, 2.45) is 0 Å². The monoisotopic (exact) mass is 249 g/mol. The molecule has 2 N–H and O–H groups in total. The first kappa shape index (κ1) is 14.6. The number of hydrogen-bond donors (Lipinski definition) is 2. The van der Waals surface area contributed by atoms with Crippen molar-refractivity contribution in [1.82, 2.24) is 0 Å². The fourth-order valence-electron chi connectivity index (χ4n) is 1.80. The van der Waals surface area contributed by atoms with E-state index in [0.29, 0.717) is 5.92 Å². The fourth-order valence-corrected chi connectivity index (χ4v) is 1.80. The van der Waals surface area contributed by atoms with Crippen molar-refractivity contribution >= 4 is 11.7 Å². The smallest absolute Gasteiger partial charge is 0.303 e. The molecule has 0 heterocycles. The summed E-state index contributed by atoms with van der Waals surface area (Å²) in [5.41, 5.74) is 2.49. The average molecular weight is 249 g/mol. The Morgan fingerprint density at radius 2 is 1.83 bits per heavy atom. The second-order valence-corrected chi connectivity index (χ2v) is 4.91. The number of unbranched alkanes of at least 4 members (excludes halogenated alkanes) is 2. The molecule has 0 spiro atoms. The second-order valence-electron chi connectivity index (χ2n) is 4.91. The number of carboxylic acids is 1. The summed E-state index contributed by atoms with van der Waals surface area (Å²) < 4.78 is 0. The van der Waals surface area contributed by atoms with E-state index in [1.54, 1.807) is 0 Å². The van der Waals surface area contributed by atoms with Crippen molar-refractivity contribution < 1.29 is 9.90 Å². The first-order valence-corrected chi connectivity index (χ1v) is 6.65. The van der Waals surface area contributed by atoms with E-state index in [1.165, 1.54) is 5.56 Å². The van der Waals surface area contributed by atoms with Crippen LogP contribution in [-0.4, -0.2) is 17.6 Å². The predicted octanol–water partition coefficient (Wildman–Crippen LogP) is 3.87. The lowest BCUT2D eigenvalue weighted by molar-refractivity contribution is -0.137. The van der Waals surface area contributed by atoms with E-state index in [0.717, 1.165) is 31.5 Å². The van der Waals surface area contributed by atoms with Gasteiger partial charge in [-0.15, -0.1) is 0 Å². The topological polar surface area (TPSA) is 49.3 Å². The average Bonchev–Trinajstić information content (AvgIpc) is 2.34. The third-order valence-electron chi connectivity index (χ3n) is 2.97. The zero-order valence-electron chi connectivity index (χ0n) is 11.3. The van der Waals surface area contributed by atoms with Crippen LogP contribution in [0.5, 0.6) is 0 Å². The van der Waals surface area contributed by atoms with Crippen LogP contribution in [0.1, 0.15) is 51.0 Å². The molecular weight excluding hydrogens is 226 g/mol. The molecule has 0 saturated carbocycles. The number of nitrogens with one attached hydrogen (secondary N) is 1. The van der Waals surface area contributed by atoms with Gasteiger partial charge in [-0.25, -0.2) is 0 Å². The molecule has 3 nitrogen and oxygen atoms in total. The van der Waals surface area contributed by atoms with Crippen LogP contribution < -0.4 is 5.32 Å². The van der Waals surface area contributed by atoms with E-state index in [1.807, 2.05) is 0 Å². The minimum absolute atomic E-state index is 0.281. The van der Waals surface area contributed by atoms with Crippen molar-refractivity contribution in [3.05, 3.63) is 29.8 Å². The van der Waals surface area contributed by atoms with Gasteiger partial charge >= 0.3 is 5.97 Å². The number of carboxylic acid groups (broad SMARTS) is 1. The number of hydrogen-bond acceptors (Lipinski definition) is 2. The van der Waals surface area contributed by atoms with Gasteiger partial charge in [0.05, 0.1) is 0 Å². The van der Waals surface area contributed by atoms with E-state index in [-0.39, 0.29) is 6.42 Å². The molecule has 0 amide bonds. The molecule has 0 aliphatic rings. The quantitative estimate of drug-likeness (QED) is 0.688. The first-order chi connectivity index (χ1) is 8.59. The highest BCUT2D eigenvalue weighted by atomic mass is 16.4. The SMILES string of the molecule is CC(C)c1ccc(NCCCCCC(=O)O)cc1. The molecule has 0 atom stereocenters. The predicted molar refractivity (Wildman–Crippen MR) is 75.1 cm³/mol. The van der Waals surface area contributed by atoms with Gasteiger partial charge in [0.2, 0.25) is 0 Å². The molecule has 0 aliphatic heterocycles. The maximum absolute atomic E-state index is 10.3. The molecule has 0 unspecified atom stereocenters. The zero-order valence-corrected chi connectivity index (χ0v) is 11.3. The third-order valence-corrected chi connectivity index (χ3v) is 2.97. The summed E-state index contributed by atoms with van der Waals surface area (Å²) >= 11 is 0. The van der Waals surface area contributed by atoms with E-state index in [4.69, 9.17) is 5.11 Å². The molecule has 0 aromatic heterocycles. The molecule has 1 rings (SSSR count). The van der Waals surface area contributed by atoms with Crippen molar-refractivity contribution in [1.29, 1.82) is 0 Å². The molecule has 0 fully saturated rings. The van der Waals surface area contributed by atoms with Gasteiger partial charge in [0, 0.05) is 18.7 Å². The van der Waals surface area contributed by atoms with Crippen molar-refractivity contribution in [3.63, 3.8) is 0 Å². The van der Waals surface area contributed by atoms with Gasteiger partial charge in [-0.05, 0) is 36.5 Å². The molecule has 0 aliphatic carbocycles. The van der Waals surface area contributed by atoms with Crippen LogP contribution in [0.2, 0.25) is 0 Å². The van der Waals surface area contributed by atoms with Crippen LogP contribution in [-0.2, 0) is 4.79 Å². The summed E-state index contributed by atoms with van der Waals surface area (Å²) in [4.78, 5) is 10.3. The Bertz CT molecular complexity index is 357. The van der Waals surface area contributed by atoms with Gasteiger partial charge in [-0.2, -0.15) is 0 Å². The molecule has 1 aromatic carbocycles. The van der Waals surface area contributed by atoms with Crippen LogP contribution in [0.15, 0.2) is 24.3 Å². The lowest BCUT2D eigenvalue weighted by Crippen LogP contribution is -2.02. The Balaban J connectivity index is 2.17. The van der Waals surface area contributed by atoms with Crippen LogP contribution >= 0.6 is 0 Å². The number of aliphatic carboxylic acids is 1. The highest BCUT2D eigenvalue weighted by molar-refractivity contribution is 5.66. The Morgan fingerprint density at radius 1 is 1.17 bits per heavy atom. The molecule has 0 radical (unpaired) electrons. The zero-order chi connectivity index (χ0) is 13.4. The number of carbonyl (C=O) groups is 1. The fraction of sp³-hybridized carbons (Fsp3) is 0.533. The van der Waals surface area contributed by atoms with E-state index >= 15 is 0 Å². The highest BCUT2D eigenvalue weighted by Crippen LogP contribution is 2.17. The molecule has 0 bridgehead atoms. The highest BCUT2D eigenvalue weighted by Gasteiger charge is 1.99. The van der Waals surface area contributed by atoms with Gasteiger partial charge in [0.25, 0.3) is 0 Å². The minimum Gasteiger partial charge on any atom is -0.481 e. The van der Waals surface area contributed by atoms with Crippen LogP contribution in [0.4, 0.5) is 5.69 Å². The molecule has 3 heteroatoms.